The van der Waals surface area contributed by atoms with Gasteiger partial charge >= 0.3 is 0 Å². The van der Waals surface area contributed by atoms with E-state index in [-0.39, 0.29) is 5.82 Å². The molecule has 0 atom stereocenters. The fourth-order valence-electron chi connectivity index (χ4n) is 2.06. The van der Waals surface area contributed by atoms with Gasteiger partial charge < -0.3 is 0 Å². The van der Waals surface area contributed by atoms with Crippen LogP contribution in [0, 0.1) is 5.82 Å². The second-order valence-electron chi connectivity index (χ2n) is 5.05. The van der Waals surface area contributed by atoms with Crippen molar-refractivity contribution in [2.75, 3.05) is 0 Å². The van der Waals surface area contributed by atoms with Gasteiger partial charge in [-0.05, 0) is 25.0 Å². The van der Waals surface area contributed by atoms with Gasteiger partial charge in [0.15, 0.2) is 11.0 Å². The van der Waals surface area contributed by atoms with E-state index in [0.717, 1.165) is 18.0 Å². The van der Waals surface area contributed by atoms with Crippen molar-refractivity contribution in [2.24, 2.45) is 0 Å². The first-order valence-electron chi connectivity index (χ1n) is 6.53. The molecule has 3 nitrogen and oxygen atoms in total. The van der Waals surface area contributed by atoms with Crippen LogP contribution in [0.4, 0.5) is 4.39 Å². The summed E-state index contributed by atoms with van der Waals surface area (Å²) in [6.45, 7) is 4.25. The van der Waals surface area contributed by atoms with Crippen molar-refractivity contribution >= 4 is 11.8 Å². The zero-order chi connectivity index (χ0) is 13.4. The maximum absolute atomic E-state index is 13.9. The molecule has 1 saturated carbocycles. The van der Waals surface area contributed by atoms with Crippen LogP contribution in [-0.2, 0) is 0 Å². The average molecular weight is 277 g/mol. The van der Waals surface area contributed by atoms with Crippen molar-refractivity contribution in [1.29, 1.82) is 0 Å². The Morgan fingerprint density at radius 1 is 1.26 bits per heavy atom. The van der Waals surface area contributed by atoms with Crippen molar-refractivity contribution in [1.82, 2.24) is 14.8 Å². The van der Waals surface area contributed by atoms with Crippen molar-refractivity contribution in [3.8, 4) is 11.4 Å². The van der Waals surface area contributed by atoms with Crippen LogP contribution in [0.5, 0.6) is 0 Å². The summed E-state index contributed by atoms with van der Waals surface area (Å²) in [5.74, 6) is 0.418. The second kappa shape index (κ2) is 4.96. The minimum absolute atomic E-state index is 0.238. The highest BCUT2D eigenvalue weighted by molar-refractivity contribution is 7.99. The monoisotopic (exact) mass is 277 g/mol. The van der Waals surface area contributed by atoms with E-state index in [9.17, 15) is 4.39 Å². The first-order chi connectivity index (χ1) is 9.16. The summed E-state index contributed by atoms with van der Waals surface area (Å²) in [6, 6.07) is 7.20. The van der Waals surface area contributed by atoms with E-state index in [1.807, 2.05) is 6.07 Å². The molecule has 1 fully saturated rings. The highest BCUT2D eigenvalue weighted by Crippen LogP contribution is 2.41. The van der Waals surface area contributed by atoms with Crippen LogP contribution in [0.15, 0.2) is 29.4 Å². The van der Waals surface area contributed by atoms with Crippen LogP contribution in [0.1, 0.15) is 32.7 Å². The number of hydrogen-bond acceptors (Lipinski definition) is 3. The summed E-state index contributed by atoms with van der Waals surface area (Å²) in [6.07, 6.45) is 2.26. The summed E-state index contributed by atoms with van der Waals surface area (Å²) >= 11 is 1.68. The SMILES string of the molecule is CC(C)Sc1nnc(-c2ccccc2F)n1C1CC1. The van der Waals surface area contributed by atoms with Crippen molar-refractivity contribution in [2.45, 2.75) is 43.1 Å². The average Bonchev–Trinajstić information content (AvgIpc) is 3.12. The summed E-state index contributed by atoms with van der Waals surface area (Å²) in [7, 11) is 0. The van der Waals surface area contributed by atoms with E-state index in [0.29, 0.717) is 22.7 Å². The molecular formula is C14H16FN3S. The van der Waals surface area contributed by atoms with Gasteiger partial charge in [0.1, 0.15) is 5.82 Å². The molecule has 0 bridgehead atoms. The third-order valence-electron chi connectivity index (χ3n) is 3.03. The number of rotatable bonds is 4. The normalized spacial score (nSPS) is 15.2. The summed E-state index contributed by atoms with van der Waals surface area (Å²) < 4.78 is 16.0. The first-order valence-corrected chi connectivity index (χ1v) is 7.41. The minimum Gasteiger partial charge on any atom is -0.299 e. The van der Waals surface area contributed by atoms with Crippen LogP contribution in [0.25, 0.3) is 11.4 Å². The zero-order valence-electron chi connectivity index (χ0n) is 11.0. The molecule has 1 heterocycles. The largest absolute Gasteiger partial charge is 0.299 e. The molecular weight excluding hydrogens is 261 g/mol. The van der Waals surface area contributed by atoms with Crippen LogP contribution < -0.4 is 0 Å². The summed E-state index contributed by atoms with van der Waals surface area (Å²) in [5.41, 5.74) is 0.539. The molecule has 0 radical (unpaired) electrons. The quantitative estimate of drug-likeness (QED) is 0.794. The van der Waals surface area contributed by atoms with Crippen LogP contribution in [-0.4, -0.2) is 20.0 Å². The molecule has 2 aromatic rings. The molecule has 0 aliphatic heterocycles. The van der Waals surface area contributed by atoms with E-state index in [2.05, 4.69) is 28.6 Å². The molecule has 5 heteroatoms. The Morgan fingerprint density at radius 2 is 2.00 bits per heavy atom. The molecule has 0 spiro atoms. The highest BCUT2D eigenvalue weighted by atomic mass is 32.2. The Kier molecular flexibility index (Phi) is 3.31. The molecule has 0 N–H and O–H groups in total. The zero-order valence-corrected chi connectivity index (χ0v) is 11.8. The lowest BCUT2D eigenvalue weighted by Crippen LogP contribution is -2.02. The summed E-state index contributed by atoms with van der Waals surface area (Å²) in [5, 5.41) is 9.80. The number of hydrogen-bond donors (Lipinski definition) is 0. The fourth-order valence-corrected chi connectivity index (χ4v) is 2.92. The third kappa shape index (κ3) is 2.52. The molecule has 0 saturated heterocycles. The number of halogens is 1. The van der Waals surface area contributed by atoms with Gasteiger partial charge in [0.05, 0.1) is 5.56 Å². The van der Waals surface area contributed by atoms with Gasteiger partial charge in [0, 0.05) is 11.3 Å². The van der Waals surface area contributed by atoms with E-state index in [1.165, 1.54) is 6.07 Å². The Labute approximate surface area is 116 Å². The Balaban J connectivity index is 2.07. The highest BCUT2D eigenvalue weighted by Gasteiger charge is 2.31. The second-order valence-corrected chi connectivity index (χ2v) is 6.60. The van der Waals surface area contributed by atoms with Gasteiger partial charge in [-0.25, -0.2) is 4.39 Å². The van der Waals surface area contributed by atoms with Gasteiger partial charge in [0.2, 0.25) is 0 Å². The number of benzene rings is 1. The number of thioether (sulfide) groups is 1. The van der Waals surface area contributed by atoms with Crippen LogP contribution in [0.3, 0.4) is 0 Å². The molecule has 1 aromatic heterocycles. The summed E-state index contributed by atoms with van der Waals surface area (Å²) in [4.78, 5) is 0. The van der Waals surface area contributed by atoms with Gasteiger partial charge in [0.25, 0.3) is 0 Å². The van der Waals surface area contributed by atoms with Crippen molar-refractivity contribution in [3.05, 3.63) is 30.1 Å². The lowest BCUT2D eigenvalue weighted by atomic mass is 10.2. The first kappa shape index (κ1) is 12.7. The lowest BCUT2D eigenvalue weighted by molar-refractivity contribution is 0.622. The predicted octanol–water partition coefficient (Wildman–Crippen LogP) is 3.92. The Bertz CT molecular complexity index is 590. The molecule has 100 valence electrons. The van der Waals surface area contributed by atoms with E-state index in [4.69, 9.17) is 0 Å². The van der Waals surface area contributed by atoms with Gasteiger partial charge in [-0.2, -0.15) is 0 Å². The number of aromatic nitrogens is 3. The van der Waals surface area contributed by atoms with Gasteiger partial charge in [-0.3, -0.25) is 4.57 Å². The predicted molar refractivity (Wildman–Crippen MR) is 74.7 cm³/mol. The van der Waals surface area contributed by atoms with E-state index < -0.39 is 0 Å². The Hall–Kier alpha value is -1.36. The van der Waals surface area contributed by atoms with Crippen molar-refractivity contribution in [3.63, 3.8) is 0 Å². The van der Waals surface area contributed by atoms with Crippen LogP contribution >= 0.6 is 11.8 Å². The van der Waals surface area contributed by atoms with Gasteiger partial charge in [-0.1, -0.05) is 37.7 Å². The maximum atomic E-state index is 13.9. The van der Waals surface area contributed by atoms with Crippen LogP contribution in [0.2, 0.25) is 0 Å². The molecule has 1 aromatic carbocycles. The molecule has 3 rings (SSSR count). The maximum Gasteiger partial charge on any atom is 0.192 e. The van der Waals surface area contributed by atoms with E-state index in [1.54, 1.807) is 23.9 Å². The fraction of sp³-hybridized carbons (Fsp3) is 0.429. The molecule has 19 heavy (non-hydrogen) atoms. The van der Waals surface area contributed by atoms with Gasteiger partial charge in [-0.15, -0.1) is 10.2 Å². The molecule has 1 aliphatic carbocycles. The van der Waals surface area contributed by atoms with E-state index >= 15 is 0 Å². The molecule has 0 amide bonds. The standard InChI is InChI=1S/C14H16FN3S/c1-9(2)19-14-17-16-13(18(14)10-7-8-10)11-5-3-4-6-12(11)15/h3-6,9-10H,7-8H2,1-2H3. The Morgan fingerprint density at radius 3 is 2.63 bits per heavy atom. The molecule has 0 unspecified atom stereocenters. The third-order valence-corrected chi connectivity index (χ3v) is 3.99. The number of nitrogens with zero attached hydrogens (tertiary/aromatic N) is 3. The minimum atomic E-state index is -0.238. The topological polar surface area (TPSA) is 30.7 Å². The smallest absolute Gasteiger partial charge is 0.192 e. The lowest BCUT2D eigenvalue weighted by Gasteiger charge is -2.10. The molecule has 1 aliphatic rings. The van der Waals surface area contributed by atoms with Crippen molar-refractivity contribution < 1.29 is 4.39 Å².